The largest absolute Gasteiger partial charge is 0.345 e. The molecule has 0 aliphatic carbocycles. The molecule has 1 fully saturated rings. The van der Waals surface area contributed by atoms with Crippen LogP contribution in [0.15, 0.2) is 54.0 Å². The number of piperazine rings is 1. The van der Waals surface area contributed by atoms with Crippen LogP contribution in [-0.2, 0) is 0 Å². The van der Waals surface area contributed by atoms with Crippen molar-refractivity contribution < 1.29 is 0 Å². The summed E-state index contributed by atoms with van der Waals surface area (Å²) in [6.45, 7) is 3.82. The molecule has 1 aromatic heterocycles. The molecule has 0 radical (unpaired) electrons. The van der Waals surface area contributed by atoms with Crippen LogP contribution in [0.5, 0.6) is 0 Å². The van der Waals surface area contributed by atoms with Crippen LogP contribution in [-0.4, -0.2) is 63.8 Å². The maximum atomic E-state index is 5.49. The fourth-order valence-corrected chi connectivity index (χ4v) is 2.71. The Hall–Kier alpha value is -2.38. The molecule has 0 spiro atoms. The number of nitrogens with zero attached hydrogens (tertiary/aromatic N) is 5. The minimum atomic E-state index is 0.644. The second-order valence-electron chi connectivity index (χ2n) is 5.63. The van der Waals surface area contributed by atoms with Crippen molar-refractivity contribution in [3.05, 3.63) is 60.2 Å². The average molecular weight is 340 g/mol. The Bertz CT molecular complexity index is 654. The van der Waals surface area contributed by atoms with Crippen LogP contribution in [0.3, 0.4) is 0 Å². The van der Waals surface area contributed by atoms with Crippen LogP contribution >= 0.6 is 12.2 Å². The first-order valence-corrected chi connectivity index (χ1v) is 8.28. The molecule has 0 saturated carbocycles. The number of hydrazone groups is 1. The molecule has 1 aliphatic rings. The van der Waals surface area contributed by atoms with Crippen LogP contribution in [0.4, 0.5) is 0 Å². The van der Waals surface area contributed by atoms with Crippen LogP contribution < -0.4 is 5.43 Å². The standard InChI is InChI=1S/C17H20N6S/c1-22-9-11-23(12-10-22)17(24)21-20-16(14-5-3-2-4-6-14)15-7-8-18-13-19-15/h2-8,13H,9-12H2,1H3,(H,21,24). The van der Waals surface area contributed by atoms with Gasteiger partial charge >= 0.3 is 0 Å². The second-order valence-corrected chi connectivity index (χ2v) is 6.02. The van der Waals surface area contributed by atoms with Gasteiger partial charge in [0.2, 0.25) is 0 Å². The van der Waals surface area contributed by atoms with Crippen LogP contribution in [0, 0.1) is 0 Å². The smallest absolute Gasteiger partial charge is 0.189 e. The van der Waals surface area contributed by atoms with Crippen molar-refractivity contribution in [2.45, 2.75) is 0 Å². The molecule has 1 saturated heterocycles. The van der Waals surface area contributed by atoms with E-state index in [0.717, 1.165) is 43.1 Å². The Morgan fingerprint density at radius 2 is 1.88 bits per heavy atom. The van der Waals surface area contributed by atoms with E-state index in [2.05, 4.69) is 37.3 Å². The highest BCUT2D eigenvalue weighted by atomic mass is 32.1. The van der Waals surface area contributed by atoms with E-state index in [1.807, 2.05) is 36.4 Å². The highest BCUT2D eigenvalue weighted by Crippen LogP contribution is 2.08. The van der Waals surface area contributed by atoms with Gasteiger partial charge < -0.3 is 9.80 Å². The Kier molecular flexibility index (Phi) is 5.45. The van der Waals surface area contributed by atoms with Crippen molar-refractivity contribution in [3.63, 3.8) is 0 Å². The molecule has 2 heterocycles. The van der Waals surface area contributed by atoms with Crippen LogP contribution in [0.25, 0.3) is 0 Å². The van der Waals surface area contributed by atoms with Crippen molar-refractivity contribution in [3.8, 4) is 0 Å². The molecule has 1 aliphatic heterocycles. The minimum Gasteiger partial charge on any atom is -0.345 e. The average Bonchev–Trinajstić information content (AvgIpc) is 2.64. The number of rotatable bonds is 3. The van der Waals surface area contributed by atoms with E-state index in [0.29, 0.717) is 5.11 Å². The molecule has 24 heavy (non-hydrogen) atoms. The third-order valence-corrected chi connectivity index (χ3v) is 4.28. The summed E-state index contributed by atoms with van der Waals surface area (Å²) in [4.78, 5) is 12.7. The Morgan fingerprint density at radius 3 is 2.54 bits per heavy atom. The molecule has 0 amide bonds. The highest BCUT2D eigenvalue weighted by Gasteiger charge is 2.16. The zero-order chi connectivity index (χ0) is 16.8. The van der Waals surface area contributed by atoms with Gasteiger partial charge in [0.05, 0.1) is 5.69 Å². The highest BCUT2D eigenvalue weighted by molar-refractivity contribution is 7.80. The predicted molar refractivity (Wildman–Crippen MR) is 98.9 cm³/mol. The summed E-state index contributed by atoms with van der Waals surface area (Å²) in [6.07, 6.45) is 3.23. The molecule has 2 aromatic rings. The van der Waals surface area contributed by atoms with Gasteiger partial charge in [-0.25, -0.2) is 9.97 Å². The third kappa shape index (κ3) is 4.12. The van der Waals surface area contributed by atoms with Crippen molar-refractivity contribution in [1.82, 2.24) is 25.2 Å². The van der Waals surface area contributed by atoms with Gasteiger partial charge in [0.1, 0.15) is 12.0 Å². The molecular weight excluding hydrogens is 320 g/mol. The van der Waals surface area contributed by atoms with Crippen molar-refractivity contribution in [1.29, 1.82) is 0 Å². The van der Waals surface area contributed by atoms with E-state index in [1.165, 1.54) is 6.33 Å². The first-order chi connectivity index (χ1) is 11.7. The molecule has 0 bridgehead atoms. The minimum absolute atomic E-state index is 0.644. The molecule has 1 aromatic carbocycles. The molecule has 0 atom stereocenters. The Labute approximate surface area is 147 Å². The predicted octanol–water partition coefficient (Wildman–Crippen LogP) is 1.35. The SMILES string of the molecule is CN1CCN(C(=S)NN=C(c2ccccc2)c2ccncn2)CC1. The lowest BCUT2D eigenvalue weighted by molar-refractivity contribution is 0.214. The maximum Gasteiger partial charge on any atom is 0.189 e. The summed E-state index contributed by atoms with van der Waals surface area (Å²) in [5.41, 5.74) is 5.51. The van der Waals surface area contributed by atoms with Gasteiger partial charge in [-0.1, -0.05) is 30.3 Å². The summed E-state index contributed by atoms with van der Waals surface area (Å²) in [7, 11) is 2.12. The number of likely N-dealkylation sites (N-methyl/N-ethyl adjacent to an activating group) is 1. The molecule has 1 N–H and O–H groups in total. The number of nitrogens with one attached hydrogen (secondary N) is 1. The Morgan fingerprint density at radius 1 is 1.12 bits per heavy atom. The van der Waals surface area contributed by atoms with E-state index in [-0.39, 0.29) is 0 Å². The van der Waals surface area contributed by atoms with Crippen molar-refractivity contribution in [2.75, 3.05) is 33.2 Å². The fourth-order valence-electron chi connectivity index (χ4n) is 2.48. The van der Waals surface area contributed by atoms with E-state index in [1.54, 1.807) is 6.20 Å². The Balaban J connectivity index is 1.78. The lowest BCUT2D eigenvalue weighted by Crippen LogP contribution is -2.49. The zero-order valence-corrected chi connectivity index (χ0v) is 14.4. The van der Waals surface area contributed by atoms with E-state index in [9.17, 15) is 0 Å². The third-order valence-electron chi connectivity index (χ3n) is 3.93. The van der Waals surface area contributed by atoms with Gasteiger partial charge in [0.25, 0.3) is 0 Å². The lowest BCUT2D eigenvalue weighted by Gasteiger charge is -2.33. The van der Waals surface area contributed by atoms with Gasteiger partial charge in [-0.15, -0.1) is 0 Å². The number of benzene rings is 1. The van der Waals surface area contributed by atoms with E-state index < -0.39 is 0 Å². The summed E-state index contributed by atoms with van der Waals surface area (Å²) >= 11 is 5.49. The van der Waals surface area contributed by atoms with Crippen molar-refractivity contribution >= 4 is 23.0 Å². The summed E-state index contributed by atoms with van der Waals surface area (Å²) in [5, 5.41) is 5.18. The normalized spacial score (nSPS) is 16.0. The quantitative estimate of drug-likeness (QED) is 0.517. The number of hydrogen-bond acceptors (Lipinski definition) is 5. The van der Waals surface area contributed by atoms with Crippen LogP contribution in [0.2, 0.25) is 0 Å². The second kappa shape index (κ2) is 7.94. The number of thiocarbonyl (C=S) groups is 1. The van der Waals surface area contributed by atoms with E-state index in [4.69, 9.17) is 12.2 Å². The molecule has 7 heteroatoms. The zero-order valence-electron chi connectivity index (χ0n) is 13.6. The molecule has 3 rings (SSSR count). The monoisotopic (exact) mass is 340 g/mol. The first kappa shape index (κ1) is 16.5. The summed E-state index contributed by atoms with van der Waals surface area (Å²) in [5.74, 6) is 0. The molecule has 124 valence electrons. The lowest BCUT2D eigenvalue weighted by atomic mass is 10.1. The number of aromatic nitrogens is 2. The van der Waals surface area contributed by atoms with Crippen LogP contribution in [0.1, 0.15) is 11.3 Å². The van der Waals surface area contributed by atoms with Gasteiger partial charge in [-0.2, -0.15) is 5.10 Å². The maximum absolute atomic E-state index is 5.49. The molecular formula is C17H20N6S. The van der Waals surface area contributed by atoms with Gasteiger partial charge in [-0.05, 0) is 25.3 Å². The summed E-state index contributed by atoms with van der Waals surface area (Å²) in [6, 6.07) is 11.8. The fraction of sp³-hybridized carbons (Fsp3) is 0.294. The van der Waals surface area contributed by atoms with Gasteiger partial charge in [-0.3, -0.25) is 5.43 Å². The topological polar surface area (TPSA) is 56.6 Å². The summed E-state index contributed by atoms with van der Waals surface area (Å²) < 4.78 is 0. The van der Waals surface area contributed by atoms with Gasteiger partial charge in [0.15, 0.2) is 5.11 Å². The van der Waals surface area contributed by atoms with E-state index >= 15 is 0 Å². The van der Waals surface area contributed by atoms with Crippen molar-refractivity contribution in [2.24, 2.45) is 5.10 Å². The molecule has 0 unspecified atom stereocenters. The molecule has 6 nitrogen and oxygen atoms in total. The first-order valence-electron chi connectivity index (χ1n) is 7.87. The number of hydrogen-bond donors (Lipinski definition) is 1. The van der Waals surface area contributed by atoms with Gasteiger partial charge in [0, 0.05) is 37.9 Å².